The molecule has 1 aliphatic heterocycles. The number of carbonyl (C=O) groups is 3. The van der Waals surface area contributed by atoms with Gasteiger partial charge >= 0.3 is 5.97 Å². The van der Waals surface area contributed by atoms with Gasteiger partial charge in [-0.15, -0.1) is 0 Å². The molecule has 17 heavy (non-hydrogen) atoms. The van der Waals surface area contributed by atoms with E-state index in [1.165, 1.54) is 0 Å². The van der Waals surface area contributed by atoms with Gasteiger partial charge in [0.25, 0.3) is 5.91 Å². The van der Waals surface area contributed by atoms with E-state index in [9.17, 15) is 14.4 Å². The summed E-state index contributed by atoms with van der Waals surface area (Å²) in [6, 6.07) is -0.887. The zero-order chi connectivity index (χ0) is 13.0. The number of carbonyl (C=O) groups excluding carboxylic acids is 3. The number of esters is 1. The van der Waals surface area contributed by atoms with Crippen molar-refractivity contribution in [2.75, 3.05) is 6.61 Å². The van der Waals surface area contributed by atoms with Crippen LogP contribution in [0.1, 0.15) is 26.2 Å². The van der Waals surface area contributed by atoms with Crippen LogP contribution in [0.15, 0.2) is 0 Å². The van der Waals surface area contributed by atoms with Crippen LogP contribution >= 0.6 is 23.2 Å². The number of likely N-dealkylation sites (tertiary alicyclic amines) is 1. The molecule has 1 atom stereocenters. The third kappa shape index (κ3) is 3.33. The first kappa shape index (κ1) is 14.3. The predicted molar refractivity (Wildman–Crippen MR) is 61.6 cm³/mol. The molecular formula is C10H13Cl2NO4. The van der Waals surface area contributed by atoms with Gasteiger partial charge in [0.2, 0.25) is 5.91 Å². The number of imide groups is 1. The molecule has 1 aliphatic rings. The molecule has 0 unspecified atom stereocenters. The summed E-state index contributed by atoms with van der Waals surface area (Å²) in [6.45, 7) is 2.11. The molecule has 0 saturated carbocycles. The van der Waals surface area contributed by atoms with Crippen LogP contribution in [0.2, 0.25) is 0 Å². The van der Waals surface area contributed by atoms with E-state index in [1.807, 2.05) is 6.92 Å². The lowest BCUT2D eigenvalue weighted by Gasteiger charge is -2.21. The molecular weight excluding hydrogens is 269 g/mol. The smallest absolute Gasteiger partial charge is 0.329 e. The Balaban J connectivity index is 2.74. The van der Waals surface area contributed by atoms with Crippen molar-refractivity contribution in [1.82, 2.24) is 4.90 Å². The van der Waals surface area contributed by atoms with Crippen molar-refractivity contribution in [2.45, 2.75) is 37.1 Å². The lowest BCUT2D eigenvalue weighted by atomic mass is 10.2. The van der Waals surface area contributed by atoms with Gasteiger partial charge in [-0.25, -0.2) is 4.79 Å². The quantitative estimate of drug-likeness (QED) is 0.575. The number of nitrogens with zero attached hydrogens (tertiary/aromatic N) is 1. The molecule has 2 amide bonds. The first-order valence-electron chi connectivity index (χ1n) is 5.29. The van der Waals surface area contributed by atoms with E-state index < -0.39 is 28.7 Å². The van der Waals surface area contributed by atoms with E-state index in [0.717, 1.165) is 4.90 Å². The maximum Gasteiger partial charge on any atom is 0.329 e. The molecule has 1 fully saturated rings. The molecule has 96 valence electrons. The summed E-state index contributed by atoms with van der Waals surface area (Å²) in [4.78, 5) is 34.2. The van der Waals surface area contributed by atoms with Gasteiger partial charge in [0.15, 0.2) is 4.84 Å². The molecule has 0 aromatic carbocycles. The Morgan fingerprint density at radius 2 is 2.18 bits per heavy atom. The van der Waals surface area contributed by atoms with Gasteiger partial charge in [-0.05, 0) is 12.8 Å². The van der Waals surface area contributed by atoms with Gasteiger partial charge in [0, 0.05) is 6.42 Å². The van der Waals surface area contributed by atoms with Crippen LogP contribution < -0.4 is 0 Å². The molecule has 0 radical (unpaired) electrons. The van der Waals surface area contributed by atoms with Crippen LogP contribution in [0.25, 0.3) is 0 Å². The van der Waals surface area contributed by atoms with E-state index in [1.54, 1.807) is 0 Å². The molecule has 0 N–H and O–H groups in total. The minimum atomic E-state index is -1.35. The summed E-state index contributed by atoms with van der Waals surface area (Å²) in [7, 11) is 0. The molecule has 5 nitrogen and oxygen atoms in total. The average Bonchev–Trinajstić information content (AvgIpc) is 2.66. The topological polar surface area (TPSA) is 63.7 Å². The highest BCUT2D eigenvalue weighted by atomic mass is 35.5. The Bertz CT molecular complexity index is 332. The second-order valence-corrected chi connectivity index (χ2v) is 4.72. The van der Waals surface area contributed by atoms with Gasteiger partial charge in [-0.3, -0.25) is 14.5 Å². The zero-order valence-corrected chi connectivity index (χ0v) is 10.8. The lowest BCUT2D eigenvalue weighted by molar-refractivity contribution is -0.157. The fourth-order valence-electron chi connectivity index (χ4n) is 1.59. The predicted octanol–water partition coefficient (Wildman–Crippen LogP) is 1.26. The van der Waals surface area contributed by atoms with Crippen molar-refractivity contribution in [3.8, 4) is 0 Å². The monoisotopic (exact) mass is 281 g/mol. The third-order valence-electron chi connectivity index (χ3n) is 2.36. The Morgan fingerprint density at radius 3 is 2.71 bits per heavy atom. The zero-order valence-electron chi connectivity index (χ0n) is 9.32. The minimum Gasteiger partial charge on any atom is -0.464 e. The molecule has 7 heteroatoms. The number of ether oxygens (including phenoxy) is 1. The van der Waals surface area contributed by atoms with Gasteiger partial charge < -0.3 is 4.74 Å². The van der Waals surface area contributed by atoms with Crippen LogP contribution in [0.3, 0.4) is 0 Å². The maximum atomic E-state index is 11.6. The van der Waals surface area contributed by atoms with Crippen molar-refractivity contribution in [1.29, 1.82) is 0 Å². The van der Waals surface area contributed by atoms with E-state index in [0.29, 0.717) is 6.42 Å². The summed E-state index contributed by atoms with van der Waals surface area (Å²) >= 11 is 10.8. The van der Waals surface area contributed by atoms with Crippen LogP contribution in [-0.2, 0) is 19.1 Å². The van der Waals surface area contributed by atoms with E-state index in [2.05, 4.69) is 0 Å². The van der Waals surface area contributed by atoms with Crippen molar-refractivity contribution in [3.05, 3.63) is 0 Å². The second-order valence-electron chi connectivity index (χ2n) is 3.62. The van der Waals surface area contributed by atoms with Gasteiger partial charge in [0.1, 0.15) is 6.04 Å². The first-order chi connectivity index (χ1) is 7.99. The molecule has 1 heterocycles. The molecule has 1 saturated heterocycles. The second kappa shape index (κ2) is 6.21. The minimum absolute atomic E-state index is 0.123. The Morgan fingerprint density at radius 1 is 1.53 bits per heavy atom. The SMILES string of the molecule is CCCOC(=O)[C@H]1CCC(=O)N1C(=O)C(Cl)Cl. The number of halogens is 2. The standard InChI is InChI=1S/C10H13Cl2NO4/c1-2-5-17-10(16)6-3-4-7(14)13(6)9(15)8(11)12/h6,8H,2-5H2,1H3/t6-/m1/s1. The van der Waals surface area contributed by atoms with Crippen molar-refractivity contribution < 1.29 is 19.1 Å². The molecule has 0 aromatic heterocycles. The Hall–Kier alpha value is -0.810. The van der Waals surface area contributed by atoms with Gasteiger partial charge in [-0.1, -0.05) is 30.1 Å². The van der Waals surface area contributed by atoms with Crippen molar-refractivity contribution in [2.24, 2.45) is 0 Å². The fourth-order valence-corrected chi connectivity index (χ4v) is 1.80. The molecule has 0 aliphatic carbocycles. The highest BCUT2D eigenvalue weighted by Crippen LogP contribution is 2.23. The summed E-state index contributed by atoms with van der Waals surface area (Å²) in [5.74, 6) is -1.80. The summed E-state index contributed by atoms with van der Waals surface area (Å²) in [5.41, 5.74) is 0. The molecule has 0 spiro atoms. The lowest BCUT2D eigenvalue weighted by Crippen LogP contribution is -2.45. The Kier molecular flexibility index (Phi) is 5.21. The maximum absolute atomic E-state index is 11.6. The van der Waals surface area contributed by atoms with Crippen LogP contribution in [-0.4, -0.2) is 40.2 Å². The fraction of sp³-hybridized carbons (Fsp3) is 0.700. The molecule has 0 aromatic rings. The van der Waals surface area contributed by atoms with Crippen molar-refractivity contribution in [3.63, 3.8) is 0 Å². The number of alkyl halides is 2. The highest BCUT2D eigenvalue weighted by Gasteiger charge is 2.42. The summed E-state index contributed by atoms with van der Waals surface area (Å²) < 4.78 is 4.91. The number of amides is 2. The Labute approximate surface area is 109 Å². The van der Waals surface area contributed by atoms with Crippen LogP contribution in [0.5, 0.6) is 0 Å². The largest absolute Gasteiger partial charge is 0.464 e. The normalized spacial score (nSPS) is 19.9. The highest BCUT2D eigenvalue weighted by molar-refractivity contribution is 6.54. The number of hydrogen-bond acceptors (Lipinski definition) is 4. The molecule has 1 rings (SSSR count). The molecule has 0 bridgehead atoms. The number of hydrogen-bond donors (Lipinski definition) is 0. The van der Waals surface area contributed by atoms with Crippen LogP contribution in [0, 0.1) is 0 Å². The number of rotatable bonds is 4. The van der Waals surface area contributed by atoms with Gasteiger partial charge in [-0.2, -0.15) is 0 Å². The first-order valence-corrected chi connectivity index (χ1v) is 6.17. The van der Waals surface area contributed by atoms with E-state index >= 15 is 0 Å². The van der Waals surface area contributed by atoms with E-state index in [4.69, 9.17) is 27.9 Å². The summed E-state index contributed by atoms with van der Waals surface area (Å²) in [6.07, 6.45) is 1.06. The average molecular weight is 282 g/mol. The van der Waals surface area contributed by atoms with Crippen LogP contribution in [0.4, 0.5) is 0 Å². The van der Waals surface area contributed by atoms with Gasteiger partial charge in [0.05, 0.1) is 6.61 Å². The van der Waals surface area contributed by atoms with Crippen molar-refractivity contribution >= 4 is 41.0 Å². The van der Waals surface area contributed by atoms with E-state index in [-0.39, 0.29) is 19.4 Å². The third-order valence-corrected chi connectivity index (χ3v) is 2.73. The summed E-state index contributed by atoms with van der Waals surface area (Å²) in [5, 5.41) is 0.